The first kappa shape index (κ1) is 17.0. The average Bonchev–Trinajstić information content (AvgIpc) is 2.64. The van der Waals surface area contributed by atoms with Gasteiger partial charge in [-0.2, -0.15) is 10.4 Å². The van der Waals surface area contributed by atoms with Crippen LogP contribution < -0.4 is 15.5 Å². The molecule has 0 aliphatic carbocycles. The van der Waals surface area contributed by atoms with Gasteiger partial charge in [0.2, 0.25) is 0 Å². The third kappa shape index (κ3) is 4.85. The molecule has 6 nitrogen and oxygen atoms in total. The summed E-state index contributed by atoms with van der Waals surface area (Å²) < 4.78 is 5.07. The van der Waals surface area contributed by atoms with Crippen molar-refractivity contribution < 1.29 is 9.53 Å². The molecule has 0 aliphatic heterocycles. The Morgan fingerprint density at radius 2 is 1.83 bits per heavy atom. The van der Waals surface area contributed by atoms with Crippen molar-refractivity contribution in [3.05, 3.63) is 59.7 Å². The van der Waals surface area contributed by atoms with Gasteiger partial charge >= 0.3 is 0 Å². The lowest BCUT2D eigenvalue weighted by Crippen LogP contribution is -2.26. The second-order valence-corrected chi connectivity index (χ2v) is 5.00. The number of nitriles is 1. The molecule has 0 aliphatic rings. The van der Waals surface area contributed by atoms with Gasteiger partial charge in [-0.3, -0.25) is 4.79 Å². The van der Waals surface area contributed by atoms with Crippen LogP contribution >= 0.6 is 0 Å². The number of carbonyl (C=O) groups is 1. The summed E-state index contributed by atoms with van der Waals surface area (Å²) in [7, 11) is 1.60. The minimum atomic E-state index is -0.251. The van der Waals surface area contributed by atoms with E-state index in [2.05, 4.69) is 21.9 Å². The largest absolute Gasteiger partial charge is 0.497 e. The Labute approximate surface area is 140 Å². The normalized spacial score (nSPS) is 10.6. The van der Waals surface area contributed by atoms with E-state index in [0.717, 1.165) is 17.0 Å². The summed E-state index contributed by atoms with van der Waals surface area (Å²) in [6.07, 6.45) is 0. The van der Waals surface area contributed by atoms with Crippen LogP contribution in [0.3, 0.4) is 0 Å². The molecule has 1 amide bonds. The first-order chi connectivity index (χ1) is 11.6. The number of hydrogen-bond acceptors (Lipinski definition) is 5. The van der Waals surface area contributed by atoms with E-state index in [0.29, 0.717) is 11.3 Å². The fourth-order valence-corrected chi connectivity index (χ4v) is 1.93. The molecule has 2 aromatic carbocycles. The summed E-state index contributed by atoms with van der Waals surface area (Å²) in [5.74, 6) is 0.506. The molecular formula is C18H18N4O2. The Bertz CT molecular complexity index is 759. The van der Waals surface area contributed by atoms with Crippen molar-refractivity contribution in [3.63, 3.8) is 0 Å². The van der Waals surface area contributed by atoms with Crippen LogP contribution in [0.1, 0.15) is 18.1 Å². The second kappa shape index (κ2) is 8.34. The molecule has 0 unspecified atom stereocenters. The van der Waals surface area contributed by atoms with Gasteiger partial charge in [0, 0.05) is 5.69 Å². The van der Waals surface area contributed by atoms with Gasteiger partial charge < -0.3 is 10.1 Å². The molecule has 2 aromatic rings. The highest BCUT2D eigenvalue weighted by molar-refractivity contribution is 5.99. The van der Waals surface area contributed by atoms with E-state index in [1.807, 2.05) is 24.3 Å². The zero-order valence-electron chi connectivity index (χ0n) is 13.5. The lowest BCUT2D eigenvalue weighted by Gasteiger charge is -2.07. The number of carbonyl (C=O) groups excluding carboxylic acids is 1. The standard InChI is InChI=1S/C18H18N4O2/c1-13(15-5-3-14(11-19)4-6-15)21-22-18(23)12-20-16-7-9-17(24-2)10-8-16/h3-10,20H,12H2,1-2H3,(H,22,23)/b21-13+. The molecule has 0 heterocycles. The summed E-state index contributed by atoms with van der Waals surface area (Å²) >= 11 is 0. The molecular weight excluding hydrogens is 304 g/mol. The Morgan fingerprint density at radius 3 is 2.42 bits per heavy atom. The Kier molecular flexibility index (Phi) is 5.92. The number of ether oxygens (including phenoxy) is 1. The first-order valence-corrected chi connectivity index (χ1v) is 7.34. The van der Waals surface area contributed by atoms with E-state index >= 15 is 0 Å². The molecule has 0 atom stereocenters. The molecule has 6 heteroatoms. The number of benzene rings is 2. The van der Waals surface area contributed by atoms with E-state index in [-0.39, 0.29) is 12.5 Å². The maximum atomic E-state index is 11.8. The van der Waals surface area contributed by atoms with E-state index in [1.165, 1.54) is 0 Å². The molecule has 0 bridgehead atoms. The van der Waals surface area contributed by atoms with Crippen LogP contribution in [-0.4, -0.2) is 25.3 Å². The smallest absolute Gasteiger partial charge is 0.259 e. The van der Waals surface area contributed by atoms with E-state index in [1.54, 1.807) is 38.3 Å². The van der Waals surface area contributed by atoms with Crippen LogP contribution in [0.4, 0.5) is 5.69 Å². The van der Waals surface area contributed by atoms with Crippen molar-refractivity contribution in [1.82, 2.24) is 5.43 Å². The fourth-order valence-electron chi connectivity index (χ4n) is 1.93. The molecule has 0 saturated heterocycles. The number of nitrogens with zero attached hydrogens (tertiary/aromatic N) is 2. The molecule has 2 N–H and O–H groups in total. The summed E-state index contributed by atoms with van der Waals surface area (Å²) in [5, 5.41) is 15.8. The zero-order chi connectivity index (χ0) is 17.4. The Hall–Kier alpha value is -3.33. The molecule has 0 saturated carbocycles. The number of rotatable bonds is 6. The highest BCUT2D eigenvalue weighted by Crippen LogP contribution is 2.14. The molecule has 122 valence electrons. The third-order valence-electron chi connectivity index (χ3n) is 3.32. The van der Waals surface area contributed by atoms with Crippen molar-refractivity contribution in [3.8, 4) is 11.8 Å². The summed E-state index contributed by atoms with van der Waals surface area (Å²) in [6.45, 7) is 1.90. The second-order valence-electron chi connectivity index (χ2n) is 5.00. The van der Waals surface area contributed by atoms with Crippen LogP contribution in [0.2, 0.25) is 0 Å². The number of hydrogen-bond donors (Lipinski definition) is 2. The monoisotopic (exact) mass is 322 g/mol. The van der Waals surface area contributed by atoms with Crippen molar-refractivity contribution in [2.45, 2.75) is 6.92 Å². The van der Waals surface area contributed by atoms with Gasteiger partial charge in [0.05, 0.1) is 31.0 Å². The summed E-state index contributed by atoms with van der Waals surface area (Å²) in [4.78, 5) is 11.8. The maximum absolute atomic E-state index is 11.8. The highest BCUT2D eigenvalue weighted by atomic mass is 16.5. The molecule has 0 fully saturated rings. The molecule has 0 spiro atoms. The van der Waals surface area contributed by atoms with Crippen LogP contribution in [0, 0.1) is 11.3 Å². The van der Waals surface area contributed by atoms with Crippen molar-refractivity contribution in [1.29, 1.82) is 5.26 Å². The minimum absolute atomic E-state index is 0.108. The number of methoxy groups -OCH3 is 1. The Balaban J connectivity index is 1.85. The minimum Gasteiger partial charge on any atom is -0.497 e. The van der Waals surface area contributed by atoms with Crippen LogP contribution in [0.25, 0.3) is 0 Å². The van der Waals surface area contributed by atoms with E-state index < -0.39 is 0 Å². The molecule has 0 aromatic heterocycles. The van der Waals surface area contributed by atoms with Crippen LogP contribution in [-0.2, 0) is 4.79 Å². The topological polar surface area (TPSA) is 86.5 Å². The van der Waals surface area contributed by atoms with Crippen molar-refractivity contribution in [2.75, 3.05) is 19.0 Å². The highest BCUT2D eigenvalue weighted by Gasteiger charge is 2.02. The third-order valence-corrected chi connectivity index (χ3v) is 3.32. The van der Waals surface area contributed by atoms with Gasteiger partial charge in [-0.15, -0.1) is 0 Å². The summed E-state index contributed by atoms with van der Waals surface area (Å²) in [6, 6.07) is 16.3. The zero-order valence-corrected chi connectivity index (χ0v) is 13.5. The number of nitrogens with one attached hydrogen (secondary N) is 2. The SMILES string of the molecule is COc1ccc(NCC(=O)N/N=C(\C)c2ccc(C#N)cc2)cc1. The van der Waals surface area contributed by atoms with Crippen molar-refractivity contribution >= 4 is 17.3 Å². The molecule has 2 rings (SSSR count). The van der Waals surface area contributed by atoms with Crippen molar-refractivity contribution in [2.24, 2.45) is 5.10 Å². The Morgan fingerprint density at radius 1 is 1.17 bits per heavy atom. The van der Waals surface area contributed by atoms with Gasteiger partial charge in [0.25, 0.3) is 5.91 Å². The van der Waals surface area contributed by atoms with Gasteiger partial charge in [-0.05, 0) is 48.9 Å². The van der Waals surface area contributed by atoms with Crippen LogP contribution in [0.15, 0.2) is 53.6 Å². The van der Waals surface area contributed by atoms with Gasteiger partial charge in [0.15, 0.2) is 0 Å². The van der Waals surface area contributed by atoms with E-state index in [4.69, 9.17) is 10.00 Å². The lowest BCUT2D eigenvalue weighted by atomic mass is 10.1. The number of amides is 1. The molecule has 24 heavy (non-hydrogen) atoms. The predicted molar refractivity (Wildman–Crippen MR) is 93.0 cm³/mol. The van der Waals surface area contributed by atoms with Gasteiger partial charge in [-0.25, -0.2) is 5.43 Å². The van der Waals surface area contributed by atoms with Gasteiger partial charge in [0.1, 0.15) is 5.75 Å². The quantitative estimate of drug-likeness (QED) is 0.632. The predicted octanol–water partition coefficient (Wildman–Crippen LogP) is 2.52. The maximum Gasteiger partial charge on any atom is 0.259 e. The number of hydrazone groups is 1. The lowest BCUT2D eigenvalue weighted by molar-refractivity contribution is -0.119. The van der Waals surface area contributed by atoms with Crippen LogP contribution in [0.5, 0.6) is 5.75 Å². The van der Waals surface area contributed by atoms with E-state index in [9.17, 15) is 4.79 Å². The number of anilines is 1. The molecule has 0 radical (unpaired) electrons. The summed E-state index contributed by atoms with van der Waals surface area (Å²) in [5.41, 5.74) is 5.41. The first-order valence-electron chi connectivity index (χ1n) is 7.34. The average molecular weight is 322 g/mol. The fraction of sp³-hybridized carbons (Fsp3) is 0.167. The van der Waals surface area contributed by atoms with Gasteiger partial charge in [-0.1, -0.05) is 12.1 Å².